The molecule has 0 saturated carbocycles. The van der Waals surface area contributed by atoms with Gasteiger partial charge in [-0.05, 0) is 36.8 Å². The highest BCUT2D eigenvalue weighted by atomic mass is 16.5. The zero-order valence-corrected chi connectivity index (χ0v) is 19.3. The topological polar surface area (TPSA) is 66.5 Å². The number of benzene rings is 3. The van der Waals surface area contributed by atoms with Gasteiger partial charge in [-0.15, -0.1) is 0 Å². The van der Waals surface area contributed by atoms with Crippen molar-refractivity contribution < 1.29 is 9.53 Å². The van der Waals surface area contributed by atoms with Gasteiger partial charge in [0.25, 0.3) is 0 Å². The zero-order valence-electron chi connectivity index (χ0n) is 19.3. The van der Waals surface area contributed by atoms with Crippen LogP contribution in [0.15, 0.2) is 78.9 Å². The number of amides is 2. The van der Waals surface area contributed by atoms with Gasteiger partial charge in [0.15, 0.2) is 0 Å². The fourth-order valence-corrected chi connectivity index (χ4v) is 4.18. The lowest BCUT2D eigenvalue weighted by atomic mass is 10.0. The molecule has 2 heterocycles. The van der Waals surface area contributed by atoms with Gasteiger partial charge < -0.3 is 20.3 Å². The molecule has 4 aromatic rings. The Bertz CT molecular complexity index is 1280. The summed E-state index contributed by atoms with van der Waals surface area (Å²) in [4.78, 5) is 19.8. The summed E-state index contributed by atoms with van der Waals surface area (Å²) in [5.41, 5.74) is 7.04. The summed E-state index contributed by atoms with van der Waals surface area (Å²) in [6, 6.07) is 26.1. The van der Waals surface area contributed by atoms with Gasteiger partial charge in [-0.1, -0.05) is 60.2 Å². The molecule has 172 valence electrons. The number of anilines is 2. The summed E-state index contributed by atoms with van der Waals surface area (Å²) in [5, 5.41) is 6.89. The standard InChI is InChI=1S/C28H28N4O2/c1-20-7-9-22(10-8-20)26-18-27(32-13-15-34-16-14-32)24-17-23(11-12-25(24)31-26)30-28(33)29-19-21-5-3-2-4-6-21/h2-12,17-18H,13-16,19H2,1H3,(H2,29,30,33). The lowest BCUT2D eigenvalue weighted by molar-refractivity contribution is 0.123. The van der Waals surface area contributed by atoms with Crippen molar-refractivity contribution in [3.63, 3.8) is 0 Å². The van der Waals surface area contributed by atoms with Crippen molar-refractivity contribution in [3.05, 3.63) is 90.0 Å². The van der Waals surface area contributed by atoms with E-state index in [1.165, 1.54) is 5.56 Å². The van der Waals surface area contributed by atoms with Gasteiger partial charge in [0.05, 0.1) is 24.4 Å². The Hall–Kier alpha value is -3.90. The van der Waals surface area contributed by atoms with E-state index in [0.29, 0.717) is 19.8 Å². The number of aryl methyl sites for hydroxylation is 1. The summed E-state index contributed by atoms with van der Waals surface area (Å²) in [6.45, 7) is 5.60. The molecule has 1 aromatic heterocycles. The van der Waals surface area contributed by atoms with E-state index in [0.717, 1.165) is 52.2 Å². The first-order chi connectivity index (χ1) is 16.7. The van der Waals surface area contributed by atoms with E-state index in [-0.39, 0.29) is 6.03 Å². The molecule has 1 aliphatic heterocycles. The van der Waals surface area contributed by atoms with Crippen LogP contribution in [0.25, 0.3) is 22.2 Å². The number of aromatic nitrogens is 1. The molecule has 1 saturated heterocycles. The van der Waals surface area contributed by atoms with Crippen molar-refractivity contribution in [2.24, 2.45) is 0 Å². The van der Waals surface area contributed by atoms with Gasteiger partial charge in [-0.3, -0.25) is 0 Å². The van der Waals surface area contributed by atoms with Crippen LogP contribution in [0.3, 0.4) is 0 Å². The predicted molar refractivity (Wildman–Crippen MR) is 137 cm³/mol. The Morgan fingerprint density at radius 3 is 2.50 bits per heavy atom. The third-order valence-corrected chi connectivity index (χ3v) is 6.04. The number of carbonyl (C=O) groups excluding carboxylic acids is 1. The second-order valence-corrected chi connectivity index (χ2v) is 8.52. The molecule has 5 rings (SSSR count). The highest BCUT2D eigenvalue weighted by molar-refractivity contribution is 5.99. The first kappa shape index (κ1) is 21.9. The number of carbonyl (C=O) groups is 1. The van der Waals surface area contributed by atoms with E-state index in [1.807, 2.05) is 48.5 Å². The fourth-order valence-electron chi connectivity index (χ4n) is 4.18. The largest absolute Gasteiger partial charge is 0.378 e. The fraction of sp³-hybridized carbons (Fsp3) is 0.214. The number of fused-ring (bicyclic) bond motifs is 1. The number of nitrogens with zero attached hydrogens (tertiary/aromatic N) is 2. The SMILES string of the molecule is Cc1ccc(-c2cc(N3CCOCC3)c3cc(NC(=O)NCc4ccccc4)ccc3n2)cc1. The first-order valence-electron chi connectivity index (χ1n) is 11.6. The van der Waals surface area contributed by atoms with Crippen molar-refractivity contribution in [2.45, 2.75) is 13.5 Å². The van der Waals surface area contributed by atoms with E-state index in [2.05, 4.69) is 52.8 Å². The quantitative estimate of drug-likeness (QED) is 0.427. The minimum Gasteiger partial charge on any atom is -0.378 e. The third-order valence-electron chi connectivity index (χ3n) is 6.04. The van der Waals surface area contributed by atoms with Crippen molar-refractivity contribution in [2.75, 3.05) is 36.5 Å². The summed E-state index contributed by atoms with van der Waals surface area (Å²) >= 11 is 0. The zero-order chi connectivity index (χ0) is 23.3. The molecule has 0 radical (unpaired) electrons. The highest BCUT2D eigenvalue weighted by Crippen LogP contribution is 2.33. The molecule has 3 aromatic carbocycles. The van der Waals surface area contributed by atoms with Crippen LogP contribution in [0.4, 0.5) is 16.2 Å². The number of rotatable bonds is 5. The number of hydrogen-bond donors (Lipinski definition) is 2. The number of urea groups is 1. The molecule has 6 nitrogen and oxygen atoms in total. The predicted octanol–water partition coefficient (Wildman–Crippen LogP) is 5.37. The minimum absolute atomic E-state index is 0.236. The lowest BCUT2D eigenvalue weighted by Gasteiger charge is -2.30. The molecule has 0 spiro atoms. The van der Waals surface area contributed by atoms with Crippen molar-refractivity contribution in [1.29, 1.82) is 0 Å². The molecule has 2 amide bonds. The normalized spacial score (nSPS) is 13.6. The van der Waals surface area contributed by atoms with Crippen LogP contribution in [0.2, 0.25) is 0 Å². The number of ether oxygens (including phenoxy) is 1. The summed E-state index contributed by atoms with van der Waals surface area (Å²) < 4.78 is 5.58. The monoisotopic (exact) mass is 452 g/mol. The second kappa shape index (κ2) is 9.93. The molecule has 0 bridgehead atoms. The number of morpholine rings is 1. The average Bonchev–Trinajstić information content (AvgIpc) is 2.88. The number of hydrogen-bond acceptors (Lipinski definition) is 4. The maximum atomic E-state index is 12.5. The van der Waals surface area contributed by atoms with Crippen LogP contribution >= 0.6 is 0 Å². The molecular formula is C28H28N4O2. The van der Waals surface area contributed by atoms with E-state index in [4.69, 9.17) is 9.72 Å². The minimum atomic E-state index is -0.236. The van der Waals surface area contributed by atoms with Crippen LogP contribution in [0, 0.1) is 6.92 Å². The van der Waals surface area contributed by atoms with Crippen LogP contribution < -0.4 is 15.5 Å². The third kappa shape index (κ3) is 5.02. The first-order valence-corrected chi connectivity index (χ1v) is 11.6. The lowest BCUT2D eigenvalue weighted by Crippen LogP contribution is -2.36. The molecule has 6 heteroatoms. The van der Waals surface area contributed by atoms with Crippen molar-refractivity contribution in [3.8, 4) is 11.3 Å². The van der Waals surface area contributed by atoms with Crippen molar-refractivity contribution >= 4 is 28.3 Å². The van der Waals surface area contributed by atoms with Gasteiger partial charge in [0, 0.05) is 42.0 Å². The smallest absolute Gasteiger partial charge is 0.319 e. The Morgan fingerprint density at radius 2 is 1.74 bits per heavy atom. The van der Waals surface area contributed by atoms with E-state index in [1.54, 1.807) is 0 Å². The molecule has 2 N–H and O–H groups in total. The van der Waals surface area contributed by atoms with Crippen LogP contribution in [-0.2, 0) is 11.3 Å². The van der Waals surface area contributed by atoms with Gasteiger partial charge in [-0.2, -0.15) is 0 Å². The molecule has 0 atom stereocenters. The number of pyridine rings is 1. The summed E-state index contributed by atoms with van der Waals surface area (Å²) in [5.74, 6) is 0. The van der Waals surface area contributed by atoms with Crippen molar-refractivity contribution in [1.82, 2.24) is 10.3 Å². The number of nitrogens with one attached hydrogen (secondary N) is 2. The van der Waals surface area contributed by atoms with E-state index in [9.17, 15) is 4.79 Å². The average molecular weight is 453 g/mol. The van der Waals surface area contributed by atoms with Gasteiger partial charge in [-0.25, -0.2) is 9.78 Å². The van der Waals surface area contributed by atoms with Crippen LogP contribution in [0.5, 0.6) is 0 Å². The molecule has 1 aliphatic rings. The van der Waals surface area contributed by atoms with Gasteiger partial charge >= 0.3 is 6.03 Å². The molecule has 0 aliphatic carbocycles. The Kier molecular flexibility index (Phi) is 6.40. The Balaban J connectivity index is 1.44. The maximum Gasteiger partial charge on any atom is 0.319 e. The van der Waals surface area contributed by atoms with E-state index < -0.39 is 0 Å². The van der Waals surface area contributed by atoms with Crippen LogP contribution in [0.1, 0.15) is 11.1 Å². The molecular weight excluding hydrogens is 424 g/mol. The molecule has 1 fully saturated rings. The Labute approximate surface area is 199 Å². The second-order valence-electron chi connectivity index (χ2n) is 8.52. The highest BCUT2D eigenvalue weighted by Gasteiger charge is 2.17. The molecule has 0 unspecified atom stereocenters. The molecule has 34 heavy (non-hydrogen) atoms. The van der Waals surface area contributed by atoms with Gasteiger partial charge in [0.1, 0.15) is 0 Å². The van der Waals surface area contributed by atoms with Gasteiger partial charge in [0.2, 0.25) is 0 Å². The maximum absolute atomic E-state index is 12.5. The Morgan fingerprint density at radius 1 is 0.971 bits per heavy atom. The summed E-state index contributed by atoms with van der Waals surface area (Å²) in [7, 11) is 0. The van der Waals surface area contributed by atoms with Crippen LogP contribution in [-0.4, -0.2) is 37.3 Å². The summed E-state index contributed by atoms with van der Waals surface area (Å²) in [6.07, 6.45) is 0. The van der Waals surface area contributed by atoms with E-state index >= 15 is 0 Å².